The molecule has 0 N–H and O–H groups in total. The molecule has 1 aromatic rings. The number of esters is 1. The molecule has 1 saturated heterocycles. The van der Waals surface area contributed by atoms with Gasteiger partial charge >= 0.3 is 5.97 Å². The SMILES string of the molecule is O=C(OCC1CCOC1)c1cc(F)c(F)cc1[N+](=O)[O-]. The summed E-state index contributed by atoms with van der Waals surface area (Å²) >= 11 is 0. The molecule has 1 aliphatic heterocycles. The second kappa shape index (κ2) is 5.91. The molecular weight excluding hydrogens is 276 g/mol. The lowest BCUT2D eigenvalue weighted by Gasteiger charge is -2.09. The Morgan fingerprint density at radius 2 is 2.15 bits per heavy atom. The molecule has 2 rings (SSSR count). The molecule has 8 heteroatoms. The summed E-state index contributed by atoms with van der Waals surface area (Å²) in [6.45, 7) is 1.02. The van der Waals surface area contributed by atoms with Gasteiger partial charge in [-0.1, -0.05) is 0 Å². The molecule has 1 fully saturated rings. The highest BCUT2D eigenvalue weighted by molar-refractivity contribution is 5.93. The molecular formula is C12H11F2NO5. The van der Waals surface area contributed by atoms with Gasteiger partial charge in [-0.25, -0.2) is 13.6 Å². The zero-order chi connectivity index (χ0) is 14.7. The van der Waals surface area contributed by atoms with Gasteiger partial charge in [0.05, 0.1) is 24.2 Å². The van der Waals surface area contributed by atoms with Crippen LogP contribution in [0.3, 0.4) is 0 Å². The van der Waals surface area contributed by atoms with Crippen LogP contribution in [0.25, 0.3) is 0 Å². The Hall–Kier alpha value is -2.09. The first-order chi connectivity index (χ1) is 9.49. The summed E-state index contributed by atoms with van der Waals surface area (Å²) in [7, 11) is 0. The Labute approximate surface area is 112 Å². The van der Waals surface area contributed by atoms with Gasteiger partial charge in [-0.15, -0.1) is 0 Å². The number of ether oxygens (including phenoxy) is 2. The van der Waals surface area contributed by atoms with E-state index in [0.29, 0.717) is 31.8 Å². The molecule has 0 spiro atoms. The van der Waals surface area contributed by atoms with Crippen molar-refractivity contribution >= 4 is 11.7 Å². The number of carbonyl (C=O) groups excluding carboxylic acids is 1. The third kappa shape index (κ3) is 3.08. The number of hydrogen-bond acceptors (Lipinski definition) is 5. The summed E-state index contributed by atoms with van der Waals surface area (Å²) in [6, 6.07) is 0.839. The Balaban J connectivity index is 2.15. The Kier molecular flexibility index (Phi) is 4.23. The maximum atomic E-state index is 13.1. The van der Waals surface area contributed by atoms with Crippen molar-refractivity contribution in [3.8, 4) is 0 Å². The van der Waals surface area contributed by atoms with Crippen LogP contribution < -0.4 is 0 Å². The smallest absolute Gasteiger partial charge is 0.345 e. The van der Waals surface area contributed by atoms with Crippen LogP contribution in [0.5, 0.6) is 0 Å². The van der Waals surface area contributed by atoms with Crippen molar-refractivity contribution in [3.05, 3.63) is 39.4 Å². The maximum absolute atomic E-state index is 13.1. The molecule has 1 heterocycles. The number of nitro benzene ring substituents is 1. The Morgan fingerprint density at radius 1 is 1.45 bits per heavy atom. The van der Waals surface area contributed by atoms with Crippen LogP contribution in [-0.2, 0) is 9.47 Å². The second-order valence-corrected chi connectivity index (χ2v) is 4.37. The average molecular weight is 287 g/mol. The van der Waals surface area contributed by atoms with E-state index < -0.39 is 33.8 Å². The minimum absolute atomic E-state index is 0.0169. The fourth-order valence-corrected chi connectivity index (χ4v) is 1.84. The highest BCUT2D eigenvalue weighted by Crippen LogP contribution is 2.23. The van der Waals surface area contributed by atoms with Crippen molar-refractivity contribution in [1.82, 2.24) is 0 Å². The zero-order valence-corrected chi connectivity index (χ0v) is 10.3. The van der Waals surface area contributed by atoms with Crippen molar-refractivity contribution < 1.29 is 28.0 Å². The number of rotatable bonds is 4. The van der Waals surface area contributed by atoms with Crippen LogP contribution >= 0.6 is 0 Å². The Bertz CT molecular complexity index is 543. The highest BCUT2D eigenvalue weighted by atomic mass is 19.2. The molecule has 1 atom stereocenters. The summed E-state index contributed by atoms with van der Waals surface area (Å²) in [5, 5.41) is 10.7. The van der Waals surface area contributed by atoms with Crippen LogP contribution in [0, 0.1) is 27.7 Å². The lowest BCUT2D eigenvalue weighted by molar-refractivity contribution is -0.385. The normalized spacial score (nSPS) is 18.0. The summed E-state index contributed by atoms with van der Waals surface area (Å²) in [6.07, 6.45) is 0.715. The summed E-state index contributed by atoms with van der Waals surface area (Å²) < 4.78 is 36.0. The van der Waals surface area contributed by atoms with Crippen LogP contribution in [0.2, 0.25) is 0 Å². The van der Waals surface area contributed by atoms with Gasteiger partial charge < -0.3 is 9.47 Å². The largest absolute Gasteiger partial charge is 0.462 e. The maximum Gasteiger partial charge on any atom is 0.345 e. The number of nitro groups is 1. The predicted octanol–water partition coefficient (Wildman–Crippen LogP) is 2.07. The van der Waals surface area contributed by atoms with Gasteiger partial charge in [-0.05, 0) is 12.5 Å². The van der Waals surface area contributed by atoms with Crippen molar-refractivity contribution in [2.24, 2.45) is 5.92 Å². The molecule has 1 aliphatic rings. The van der Waals surface area contributed by atoms with Gasteiger partial charge in [-0.2, -0.15) is 0 Å². The van der Waals surface area contributed by atoms with E-state index in [0.717, 1.165) is 0 Å². The first kappa shape index (κ1) is 14.3. The number of halogens is 2. The van der Waals surface area contributed by atoms with Gasteiger partial charge in [-0.3, -0.25) is 10.1 Å². The van der Waals surface area contributed by atoms with Crippen LogP contribution in [0.15, 0.2) is 12.1 Å². The predicted molar refractivity (Wildman–Crippen MR) is 62.2 cm³/mol. The number of nitrogens with zero attached hydrogens (tertiary/aromatic N) is 1. The molecule has 0 saturated carbocycles. The number of benzene rings is 1. The third-order valence-electron chi connectivity index (χ3n) is 2.93. The van der Waals surface area contributed by atoms with Gasteiger partial charge in [0.2, 0.25) is 0 Å². The standard InChI is InChI=1S/C12H11F2NO5/c13-9-3-8(11(15(17)18)4-10(9)14)12(16)20-6-7-1-2-19-5-7/h3-4,7H,1-2,5-6H2. The topological polar surface area (TPSA) is 78.7 Å². The second-order valence-electron chi connectivity index (χ2n) is 4.37. The first-order valence-corrected chi connectivity index (χ1v) is 5.87. The monoisotopic (exact) mass is 287 g/mol. The average Bonchev–Trinajstić information content (AvgIpc) is 2.91. The van der Waals surface area contributed by atoms with E-state index in [2.05, 4.69) is 0 Å². The molecule has 108 valence electrons. The van der Waals surface area contributed by atoms with E-state index in [1.165, 1.54) is 0 Å². The first-order valence-electron chi connectivity index (χ1n) is 5.87. The molecule has 0 radical (unpaired) electrons. The van der Waals surface area contributed by atoms with E-state index in [1.807, 2.05) is 0 Å². The van der Waals surface area contributed by atoms with Gasteiger partial charge in [0.15, 0.2) is 11.6 Å². The fourth-order valence-electron chi connectivity index (χ4n) is 1.84. The molecule has 0 aliphatic carbocycles. The molecule has 20 heavy (non-hydrogen) atoms. The molecule has 6 nitrogen and oxygen atoms in total. The fraction of sp³-hybridized carbons (Fsp3) is 0.417. The molecule has 0 bridgehead atoms. The lowest BCUT2D eigenvalue weighted by atomic mass is 10.1. The van der Waals surface area contributed by atoms with Crippen molar-refractivity contribution in [2.45, 2.75) is 6.42 Å². The third-order valence-corrected chi connectivity index (χ3v) is 2.93. The minimum Gasteiger partial charge on any atom is -0.462 e. The van der Waals surface area contributed by atoms with Crippen molar-refractivity contribution in [3.63, 3.8) is 0 Å². The molecule has 0 amide bonds. The van der Waals surface area contributed by atoms with E-state index in [4.69, 9.17) is 9.47 Å². The van der Waals surface area contributed by atoms with Gasteiger partial charge in [0, 0.05) is 12.5 Å². The summed E-state index contributed by atoms with van der Waals surface area (Å²) in [5.41, 5.74) is -1.43. The molecule has 1 aromatic carbocycles. The van der Waals surface area contributed by atoms with E-state index in [-0.39, 0.29) is 12.5 Å². The quantitative estimate of drug-likeness (QED) is 0.481. The van der Waals surface area contributed by atoms with Gasteiger partial charge in [0.25, 0.3) is 5.69 Å². The van der Waals surface area contributed by atoms with Crippen LogP contribution in [-0.4, -0.2) is 30.7 Å². The Morgan fingerprint density at radius 3 is 2.75 bits per heavy atom. The molecule has 1 unspecified atom stereocenters. The highest BCUT2D eigenvalue weighted by Gasteiger charge is 2.26. The number of carbonyl (C=O) groups is 1. The van der Waals surface area contributed by atoms with Crippen LogP contribution in [0.1, 0.15) is 16.8 Å². The minimum atomic E-state index is -1.39. The lowest BCUT2D eigenvalue weighted by Crippen LogP contribution is -2.16. The zero-order valence-electron chi connectivity index (χ0n) is 10.3. The van der Waals surface area contributed by atoms with Gasteiger partial charge in [0.1, 0.15) is 5.56 Å². The van der Waals surface area contributed by atoms with E-state index in [9.17, 15) is 23.7 Å². The van der Waals surface area contributed by atoms with E-state index in [1.54, 1.807) is 0 Å². The van der Waals surface area contributed by atoms with Crippen LogP contribution in [0.4, 0.5) is 14.5 Å². The summed E-state index contributed by atoms with van der Waals surface area (Å²) in [5.74, 6) is -3.77. The summed E-state index contributed by atoms with van der Waals surface area (Å²) in [4.78, 5) is 21.5. The number of hydrogen-bond donors (Lipinski definition) is 0. The molecule has 0 aromatic heterocycles. The van der Waals surface area contributed by atoms with Crippen molar-refractivity contribution in [2.75, 3.05) is 19.8 Å². The van der Waals surface area contributed by atoms with Crippen molar-refractivity contribution in [1.29, 1.82) is 0 Å². The van der Waals surface area contributed by atoms with E-state index >= 15 is 0 Å².